The van der Waals surface area contributed by atoms with Crippen molar-refractivity contribution in [1.82, 2.24) is 0 Å². The van der Waals surface area contributed by atoms with E-state index < -0.39 is 5.97 Å². The smallest absolute Gasteiger partial charge is 0.306 e. The second-order valence-corrected chi connectivity index (χ2v) is 6.90. The van der Waals surface area contributed by atoms with Gasteiger partial charge in [-0.3, -0.25) is 4.79 Å². The predicted octanol–water partition coefficient (Wildman–Crippen LogP) is 4.09. The minimum Gasteiger partial charge on any atom is -0.481 e. The molecule has 0 heterocycles. The Balaban J connectivity index is 1.71. The summed E-state index contributed by atoms with van der Waals surface area (Å²) >= 11 is 0. The lowest BCUT2D eigenvalue weighted by Crippen LogP contribution is -2.36. The van der Waals surface area contributed by atoms with Gasteiger partial charge < -0.3 is 5.11 Å². The Morgan fingerprint density at radius 3 is 2.06 bits per heavy atom. The van der Waals surface area contributed by atoms with Crippen LogP contribution in [-0.4, -0.2) is 11.1 Å². The Morgan fingerprint density at radius 2 is 1.28 bits per heavy atom. The van der Waals surface area contributed by atoms with Crippen LogP contribution in [0.25, 0.3) is 0 Å². The maximum absolute atomic E-state index is 11.2. The van der Waals surface area contributed by atoms with Gasteiger partial charge in [0, 0.05) is 0 Å². The first-order valence-electron chi connectivity index (χ1n) is 7.98. The first-order valence-corrected chi connectivity index (χ1v) is 7.98. The van der Waals surface area contributed by atoms with Crippen LogP contribution in [0.2, 0.25) is 0 Å². The molecule has 3 aliphatic carbocycles. The van der Waals surface area contributed by atoms with Gasteiger partial charge in [0.25, 0.3) is 0 Å². The minimum absolute atomic E-state index is 0.0439. The molecule has 0 amide bonds. The van der Waals surface area contributed by atoms with Gasteiger partial charge in [-0.2, -0.15) is 0 Å². The van der Waals surface area contributed by atoms with Crippen molar-refractivity contribution in [2.75, 3.05) is 0 Å². The summed E-state index contributed by atoms with van der Waals surface area (Å²) < 4.78 is 0. The predicted molar refractivity (Wildman–Crippen MR) is 71.3 cm³/mol. The SMILES string of the molecule is O=C(O)C1CCC2CCC3CCCCC3C2CC1. The van der Waals surface area contributed by atoms with Crippen molar-refractivity contribution in [1.29, 1.82) is 0 Å². The van der Waals surface area contributed by atoms with E-state index in [0.29, 0.717) is 0 Å². The maximum Gasteiger partial charge on any atom is 0.306 e. The molecule has 3 fully saturated rings. The lowest BCUT2D eigenvalue weighted by Gasteiger charge is -2.45. The van der Waals surface area contributed by atoms with E-state index in [2.05, 4.69) is 0 Å². The molecular weight excluding hydrogens is 224 g/mol. The molecule has 0 aliphatic heterocycles. The van der Waals surface area contributed by atoms with Crippen LogP contribution in [0.3, 0.4) is 0 Å². The number of carboxylic acids is 1. The molecule has 3 aliphatic rings. The summed E-state index contributed by atoms with van der Waals surface area (Å²) in [4.78, 5) is 11.2. The third-order valence-electron chi connectivity index (χ3n) is 6.12. The zero-order valence-corrected chi connectivity index (χ0v) is 11.3. The number of aliphatic carboxylic acids is 1. The van der Waals surface area contributed by atoms with Crippen molar-refractivity contribution in [3.63, 3.8) is 0 Å². The van der Waals surface area contributed by atoms with Gasteiger partial charge >= 0.3 is 5.97 Å². The molecule has 0 radical (unpaired) electrons. The molecule has 102 valence electrons. The number of hydrogen-bond acceptors (Lipinski definition) is 1. The number of fused-ring (bicyclic) bond motifs is 3. The van der Waals surface area contributed by atoms with Crippen LogP contribution in [0.15, 0.2) is 0 Å². The van der Waals surface area contributed by atoms with Crippen LogP contribution in [0.1, 0.15) is 64.2 Å². The minimum atomic E-state index is -0.547. The summed E-state index contributed by atoms with van der Waals surface area (Å²) in [5.41, 5.74) is 0. The third-order valence-corrected chi connectivity index (χ3v) is 6.12. The number of rotatable bonds is 1. The van der Waals surface area contributed by atoms with Crippen LogP contribution < -0.4 is 0 Å². The van der Waals surface area contributed by atoms with Gasteiger partial charge in [-0.1, -0.05) is 19.3 Å². The number of carboxylic acid groups (broad SMARTS) is 1. The molecule has 0 aromatic rings. The third kappa shape index (κ3) is 2.31. The van der Waals surface area contributed by atoms with Crippen molar-refractivity contribution in [2.45, 2.75) is 64.2 Å². The molecule has 0 bridgehead atoms. The van der Waals surface area contributed by atoms with E-state index >= 15 is 0 Å². The molecule has 0 saturated heterocycles. The molecule has 5 unspecified atom stereocenters. The van der Waals surface area contributed by atoms with Gasteiger partial charge in [0.2, 0.25) is 0 Å². The quantitative estimate of drug-likeness (QED) is 0.761. The van der Waals surface area contributed by atoms with Crippen molar-refractivity contribution >= 4 is 5.97 Å². The zero-order chi connectivity index (χ0) is 12.5. The van der Waals surface area contributed by atoms with E-state index in [1.54, 1.807) is 0 Å². The normalized spacial score (nSPS) is 44.6. The summed E-state index contributed by atoms with van der Waals surface area (Å²) in [6.45, 7) is 0. The zero-order valence-electron chi connectivity index (χ0n) is 11.3. The van der Waals surface area contributed by atoms with Gasteiger partial charge in [0.1, 0.15) is 0 Å². The molecule has 3 rings (SSSR count). The van der Waals surface area contributed by atoms with Crippen LogP contribution in [0.5, 0.6) is 0 Å². The summed E-state index contributed by atoms with van der Waals surface area (Å²) in [5.74, 6) is 3.07. The highest BCUT2D eigenvalue weighted by molar-refractivity contribution is 5.69. The first kappa shape index (κ1) is 12.5. The molecule has 0 aromatic heterocycles. The summed E-state index contributed by atoms with van der Waals surface area (Å²) in [6.07, 6.45) is 12.8. The Labute approximate surface area is 110 Å². The fourth-order valence-electron chi connectivity index (χ4n) is 5.16. The van der Waals surface area contributed by atoms with E-state index in [9.17, 15) is 9.90 Å². The highest BCUT2D eigenvalue weighted by atomic mass is 16.4. The van der Waals surface area contributed by atoms with E-state index in [1.807, 2.05) is 0 Å². The molecule has 2 nitrogen and oxygen atoms in total. The molecule has 2 heteroatoms. The first-order chi connectivity index (χ1) is 8.75. The largest absolute Gasteiger partial charge is 0.481 e. The van der Waals surface area contributed by atoms with Crippen LogP contribution in [0.4, 0.5) is 0 Å². The lowest BCUT2D eigenvalue weighted by atomic mass is 9.60. The molecule has 0 spiro atoms. The van der Waals surface area contributed by atoms with E-state index in [-0.39, 0.29) is 5.92 Å². The Bertz CT molecular complexity index is 312. The van der Waals surface area contributed by atoms with Crippen LogP contribution in [-0.2, 0) is 4.79 Å². The second kappa shape index (κ2) is 5.22. The topological polar surface area (TPSA) is 37.3 Å². The molecule has 0 aromatic carbocycles. The molecule has 3 saturated carbocycles. The van der Waals surface area contributed by atoms with Crippen molar-refractivity contribution in [3.05, 3.63) is 0 Å². The molecule has 1 N–H and O–H groups in total. The van der Waals surface area contributed by atoms with E-state index in [1.165, 1.54) is 51.4 Å². The highest BCUT2D eigenvalue weighted by Crippen LogP contribution is 2.51. The second-order valence-electron chi connectivity index (χ2n) is 6.90. The Hall–Kier alpha value is -0.530. The summed E-state index contributed by atoms with van der Waals surface area (Å²) in [6, 6.07) is 0. The Morgan fingerprint density at radius 1 is 0.722 bits per heavy atom. The lowest BCUT2D eigenvalue weighted by molar-refractivity contribution is -0.142. The van der Waals surface area contributed by atoms with Crippen molar-refractivity contribution in [3.8, 4) is 0 Å². The molecule has 5 atom stereocenters. The standard InChI is InChI=1S/C16H26O2/c17-16(18)13-8-7-12-6-5-11-3-1-2-4-14(11)15(12)10-9-13/h11-15H,1-10H2,(H,17,18). The summed E-state index contributed by atoms with van der Waals surface area (Å²) in [5, 5.41) is 9.23. The molecule has 18 heavy (non-hydrogen) atoms. The van der Waals surface area contributed by atoms with Crippen LogP contribution >= 0.6 is 0 Å². The average molecular weight is 250 g/mol. The van der Waals surface area contributed by atoms with Gasteiger partial charge in [0.05, 0.1) is 5.92 Å². The van der Waals surface area contributed by atoms with Crippen molar-refractivity contribution < 1.29 is 9.90 Å². The van der Waals surface area contributed by atoms with Gasteiger partial charge in [0.15, 0.2) is 0 Å². The van der Waals surface area contributed by atoms with E-state index in [4.69, 9.17) is 0 Å². The average Bonchev–Trinajstić information content (AvgIpc) is 2.61. The Kier molecular flexibility index (Phi) is 3.63. The molecular formula is C16H26O2. The summed E-state index contributed by atoms with van der Waals surface area (Å²) in [7, 11) is 0. The van der Waals surface area contributed by atoms with E-state index in [0.717, 1.165) is 36.5 Å². The highest BCUT2D eigenvalue weighted by Gasteiger charge is 2.41. The maximum atomic E-state index is 11.2. The van der Waals surface area contributed by atoms with Gasteiger partial charge in [-0.25, -0.2) is 0 Å². The number of hydrogen-bond donors (Lipinski definition) is 1. The van der Waals surface area contributed by atoms with Crippen molar-refractivity contribution in [2.24, 2.45) is 29.6 Å². The fourth-order valence-corrected chi connectivity index (χ4v) is 5.16. The van der Waals surface area contributed by atoms with Gasteiger partial charge in [-0.15, -0.1) is 0 Å². The number of carbonyl (C=O) groups is 1. The van der Waals surface area contributed by atoms with Crippen LogP contribution in [0, 0.1) is 29.6 Å². The monoisotopic (exact) mass is 250 g/mol. The van der Waals surface area contributed by atoms with Gasteiger partial charge in [-0.05, 0) is 68.6 Å². The fraction of sp³-hybridized carbons (Fsp3) is 0.938.